The summed E-state index contributed by atoms with van der Waals surface area (Å²) in [5.74, 6) is -0.137. The summed E-state index contributed by atoms with van der Waals surface area (Å²) in [7, 11) is 1.70. The van der Waals surface area contributed by atoms with Crippen LogP contribution in [0.4, 0.5) is 16.0 Å². The van der Waals surface area contributed by atoms with Gasteiger partial charge in [-0.1, -0.05) is 23.5 Å². The first-order chi connectivity index (χ1) is 10.1. The van der Waals surface area contributed by atoms with Crippen LogP contribution in [0.25, 0.3) is 4.96 Å². The third-order valence-corrected chi connectivity index (χ3v) is 3.82. The summed E-state index contributed by atoms with van der Waals surface area (Å²) in [5.41, 5.74) is 0.725. The number of hydrogen-bond donors (Lipinski definition) is 0. The van der Waals surface area contributed by atoms with Crippen molar-refractivity contribution >= 4 is 27.9 Å². The fourth-order valence-corrected chi connectivity index (χ4v) is 2.88. The molecule has 0 fully saturated rings. The number of nitro groups is 1. The zero-order valence-electron chi connectivity index (χ0n) is 11.1. The van der Waals surface area contributed by atoms with E-state index in [0.29, 0.717) is 11.5 Å². The Hall–Kier alpha value is -2.48. The number of aromatic nitrogens is 2. The van der Waals surface area contributed by atoms with Crippen LogP contribution in [-0.2, 0) is 6.54 Å². The van der Waals surface area contributed by atoms with E-state index in [4.69, 9.17) is 0 Å². The second kappa shape index (κ2) is 5.13. The van der Waals surface area contributed by atoms with E-state index in [-0.39, 0.29) is 17.5 Å². The largest absolute Gasteiger partial charge is 0.373 e. The van der Waals surface area contributed by atoms with Crippen molar-refractivity contribution in [1.82, 2.24) is 9.38 Å². The van der Waals surface area contributed by atoms with Crippen LogP contribution in [0, 0.1) is 15.9 Å². The molecule has 0 aliphatic heterocycles. The Morgan fingerprint density at radius 2 is 2.33 bits per heavy atom. The molecule has 0 atom stereocenters. The Morgan fingerprint density at radius 3 is 3.05 bits per heavy atom. The van der Waals surface area contributed by atoms with Crippen molar-refractivity contribution in [2.75, 3.05) is 11.9 Å². The van der Waals surface area contributed by atoms with Crippen molar-refractivity contribution in [1.29, 1.82) is 0 Å². The maximum Gasteiger partial charge on any atom is 0.373 e. The van der Waals surface area contributed by atoms with Crippen molar-refractivity contribution in [2.45, 2.75) is 6.54 Å². The molecule has 3 rings (SSSR count). The van der Waals surface area contributed by atoms with E-state index in [2.05, 4.69) is 4.98 Å². The summed E-state index contributed by atoms with van der Waals surface area (Å²) in [6, 6.07) is 6.14. The van der Waals surface area contributed by atoms with Gasteiger partial charge in [0, 0.05) is 19.0 Å². The highest BCUT2D eigenvalue weighted by atomic mass is 32.1. The van der Waals surface area contributed by atoms with Gasteiger partial charge in [-0.25, -0.2) is 4.39 Å². The average Bonchev–Trinajstić information content (AvgIpc) is 2.97. The van der Waals surface area contributed by atoms with Gasteiger partial charge in [-0.05, 0) is 22.6 Å². The standard InChI is InChI=1S/C13H11FN4O2S/c1-16(8-9-3-2-4-10(14)7-9)11-12(18(19)20)17-5-6-21-13(17)15-11/h2-7H,8H2,1H3. The van der Waals surface area contributed by atoms with E-state index in [1.54, 1.807) is 35.7 Å². The summed E-state index contributed by atoms with van der Waals surface area (Å²) in [6.07, 6.45) is 1.62. The lowest BCUT2D eigenvalue weighted by atomic mass is 10.2. The predicted molar refractivity (Wildman–Crippen MR) is 78.2 cm³/mol. The molecule has 0 bridgehead atoms. The Labute approximate surface area is 123 Å². The van der Waals surface area contributed by atoms with E-state index < -0.39 is 4.92 Å². The molecule has 0 amide bonds. The van der Waals surface area contributed by atoms with Crippen LogP contribution >= 0.6 is 11.3 Å². The number of halogens is 1. The Bertz CT molecular complexity index is 813. The number of anilines is 1. The third-order valence-electron chi connectivity index (χ3n) is 3.06. The Morgan fingerprint density at radius 1 is 1.52 bits per heavy atom. The summed E-state index contributed by atoms with van der Waals surface area (Å²) >= 11 is 1.33. The fourth-order valence-electron chi connectivity index (χ4n) is 2.17. The summed E-state index contributed by atoms with van der Waals surface area (Å²) in [4.78, 5) is 17.3. The van der Waals surface area contributed by atoms with Gasteiger partial charge < -0.3 is 15.0 Å². The van der Waals surface area contributed by atoms with Gasteiger partial charge >= 0.3 is 5.82 Å². The SMILES string of the molecule is CN(Cc1cccc(F)c1)c1nc2sccn2c1[N+](=O)[O-]. The van der Waals surface area contributed by atoms with E-state index in [0.717, 1.165) is 5.56 Å². The summed E-state index contributed by atoms with van der Waals surface area (Å²) in [5, 5.41) is 13.0. The van der Waals surface area contributed by atoms with Gasteiger partial charge in [0.15, 0.2) is 0 Å². The molecular weight excluding hydrogens is 295 g/mol. The fraction of sp³-hybridized carbons (Fsp3) is 0.154. The maximum atomic E-state index is 13.2. The normalized spacial score (nSPS) is 11.0. The maximum absolute atomic E-state index is 13.2. The van der Waals surface area contributed by atoms with Gasteiger partial charge in [0.1, 0.15) is 12.0 Å². The second-order valence-electron chi connectivity index (χ2n) is 4.56. The molecule has 0 saturated heterocycles. The molecule has 2 heterocycles. The highest BCUT2D eigenvalue weighted by Gasteiger charge is 2.26. The smallest absolute Gasteiger partial charge is 0.358 e. The molecule has 0 N–H and O–H groups in total. The Kier molecular flexibility index (Phi) is 3.30. The minimum atomic E-state index is -0.454. The predicted octanol–water partition coefficient (Wildman–Crippen LogP) is 3.08. The number of nitrogens with zero attached hydrogens (tertiary/aromatic N) is 4. The van der Waals surface area contributed by atoms with E-state index >= 15 is 0 Å². The van der Waals surface area contributed by atoms with E-state index in [9.17, 15) is 14.5 Å². The van der Waals surface area contributed by atoms with Gasteiger partial charge in [-0.3, -0.25) is 0 Å². The molecule has 0 saturated carbocycles. The first-order valence-corrected chi connectivity index (χ1v) is 7.00. The van der Waals surface area contributed by atoms with Gasteiger partial charge in [-0.2, -0.15) is 9.38 Å². The van der Waals surface area contributed by atoms with Crippen molar-refractivity contribution in [3.05, 3.63) is 57.3 Å². The van der Waals surface area contributed by atoms with Crippen molar-refractivity contribution < 1.29 is 9.31 Å². The average molecular weight is 306 g/mol. The van der Waals surface area contributed by atoms with Crippen LogP contribution in [-0.4, -0.2) is 21.4 Å². The molecule has 0 spiro atoms. The van der Waals surface area contributed by atoms with Gasteiger partial charge in [0.2, 0.25) is 5.82 Å². The molecule has 0 aliphatic rings. The van der Waals surface area contributed by atoms with Crippen LogP contribution in [0.3, 0.4) is 0 Å². The van der Waals surface area contributed by atoms with Crippen LogP contribution in [0.2, 0.25) is 0 Å². The zero-order chi connectivity index (χ0) is 15.0. The van der Waals surface area contributed by atoms with Crippen LogP contribution in [0.5, 0.6) is 0 Å². The van der Waals surface area contributed by atoms with Crippen LogP contribution in [0.1, 0.15) is 5.56 Å². The lowest BCUT2D eigenvalue weighted by Crippen LogP contribution is -2.18. The second-order valence-corrected chi connectivity index (χ2v) is 5.43. The summed E-state index contributed by atoms with van der Waals surface area (Å²) < 4.78 is 14.6. The first-order valence-electron chi connectivity index (χ1n) is 6.12. The molecule has 8 heteroatoms. The molecular formula is C13H11FN4O2S. The minimum Gasteiger partial charge on any atom is -0.358 e. The topological polar surface area (TPSA) is 63.7 Å². The minimum absolute atomic E-state index is 0.0786. The number of thiazole rings is 1. The lowest BCUT2D eigenvalue weighted by molar-refractivity contribution is -0.389. The van der Waals surface area contributed by atoms with Gasteiger partial charge in [-0.15, -0.1) is 0 Å². The van der Waals surface area contributed by atoms with Gasteiger partial charge in [0.05, 0.1) is 0 Å². The van der Waals surface area contributed by atoms with Crippen LogP contribution in [0.15, 0.2) is 35.8 Å². The highest BCUT2D eigenvalue weighted by Crippen LogP contribution is 2.31. The number of rotatable bonds is 4. The van der Waals surface area contributed by atoms with Crippen molar-refractivity contribution in [3.8, 4) is 0 Å². The molecule has 108 valence electrons. The van der Waals surface area contributed by atoms with Crippen molar-refractivity contribution in [2.24, 2.45) is 0 Å². The Balaban J connectivity index is 1.97. The molecule has 0 radical (unpaired) electrons. The monoisotopic (exact) mass is 306 g/mol. The molecule has 6 nitrogen and oxygen atoms in total. The van der Waals surface area contributed by atoms with Gasteiger partial charge in [0.25, 0.3) is 4.96 Å². The molecule has 1 aromatic carbocycles. The van der Waals surface area contributed by atoms with Crippen molar-refractivity contribution in [3.63, 3.8) is 0 Å². The van der Waals surface area contributed by atoms with Crippen LogP contribution < -0.4 is 4.90 Å². The number of fused-ring (bicyclic) bond motifs is 1. The first kappa shape index (κ1) is 13.5. The molecule has 2 aromatic heterocycles. The molecule has 21 heavy (non-hydrogen) atoms. The highest BCUT2D eigenvalue weighted by molar-refractivity contribution is 7.15. The molecule has 3 aromatic rings. The lowest BCUT2D eigenvalue weighted by Gasteiger charge is -2.15. The molecule has 0 aliphatic carbocycles. The molecule has 0 unspecified atom stereocenters. The quantitative estimate of drug-likeness (QED) is 0.549. The number of imidazole rings is 1. The van der Waals surface area contributed by atoms with E-state index in [1.165, 1.54) is 27.9 Å². The zero-order valence-corrected chi connectivity index (χ0v) is 11.9. The summed E-state index contributed by atoms with van der Waals surface area (Å²) in [6.45, 7) is 0.337. The van der Waals surface area contributed by atoms with E-state index in [1.807, 2.05) is 0 Å². The number of hydrogen-bond acceptors (Lipinski definition) is 5. The third kappa shape index (κ3) is 2.45. The number of benzene rings is 1.